The van der Waals surface area contributed by atoms with Gasteiger partial charge in [0, 0.05) is 44.1 Å². The number of carbonyl (C=O) groups is 1. The van der Waals surface area contributed by atoms with Crippen LogP contribution in [0.2, 0.25) is 0 Å². The standard InChI is InChI=1S/C24H26N6O5S/c1-36(32,33)29-13-11-28(12-14-29)24(31)21-17-19(5-8-22-34-15-16-35-22)26-23(27-21)18-3-6-20(7-4-18)30-10-2-9-25-30/h2-10,17,22H,11-16H2,1H3/b8-5+. The van der Waals surface area contributed by atoms with Crippen LogP contribution < -0.4 is 0 Å². The number of benzene rings is 1. The number of piperazine rings is 1. The third kappa shape index (κ3) is 5.51. The van der Waals surface area contributed by atoms with Gasteiger partial charge >= 0.3 is 0 Å². The number of carbonyl (C=O) groups excluding carboxylic acids is 1. The summed E-state index contributed by atoms with van der Waals surface area (Å²) in [5, 5.41) is 4.24. The van der Waals surface area contributed by atoms with Crippen LogP contribution in [0, 0.1) is 0 Å². The second-order valence-corrected chi connectivity index (χ2v) is 10.4. The summed E-state index contributed by atoms with van der Waals surface area (Å²) in [6.45, 7) is 2.13. The lowest BCUT2D eigenvalue weighted by Gasteiger charge is -2.33. The van der Waals surface area contributed by atoms with Gasteiger partial charge in [0.1, 0.15) is 5.69 Å². The number of rotatable bonds is 6. The van der Waals surface area contributed by atoms with Gasteiger partial charge in [-0.1, -0.05) is 0 Å². The Morgan fingerprint density at radius 1 is 1.06 bits per heavy atom. The molecule has 1 amide bonds. The first kappa shape index (κ1) is 24.3. The third-order valence-electron chi connectivity index (χ3n) is 5.93. The first-order chi connectivity index (χ1) is 17.4. The number of ether oxygens (including phenoxy) is 2. The predicted molar refractivity (Wildman–Crippen MR) is 132 cm³/mol. The molecule has 0 unspecified atom stereocenters. The topological polar surface area (TPSA) is 120 Å². The van der Waals surface area contributed by atoms with Crippen LogP contribution in [0.15, 0.2) is 54.9 Å². The average Bonchev–Trinajstić information content (AvgIpc) is 3.61. The Morgan fingerprint density at radius 2 is 1.78 bits per heavy atom. The van der Waals surface area contributed by atoms with Crippen LogP contribution in [0.3, 0.4) is 0 Å². The number of hydrogen-bond acceptors (Lipinski definition) is 8. The number of sulfonamides is 1. The summed E-state index contributed by atoms with van der Waals surface area (Å²) in [6.07, 6.45) is 7.77. The molecule has 2 aliphatic heterocycles. The van der Waals surface area contributed by atoms with Gasteiger partial charge in [0.05, 0.1) is 30.9 Å². The molecule has 5 rings (SSSR count). The maximum atomic E-state index is 13.3. The van der Waals surface area contributed by atoms with Crippen molar-refractivity contribution >= 4 is 22.0 Å². The highest BCUT2D eigenvalue weighted by atomic mass is 32.2. The maximum absolute atomic E-state index is 13.3. The van der Waals surface area contributed by atoms with Crippen LogP contribution in [0.25, 0.3) is 23.2 Å². The summed E-state index contributed by atoms with van der Waals surface area (Å²) in [4.78, 5) is 24.2. The lowest BCUT2D eigenvalue weighted by atomic mass is 10.1. The fourth-order valence-corrected chi connectivity index (χ4v) is 4.85. The average molecular weight is 511 g/mol. The molecule has 11 nitrogen and oxygen atoms in total. The summed E-state index contributed by atoms with van der Waals surface area (Å²) >= 11 is 0. The monoisotopic (exact) mass is 510 g/mol. The molecule has 0 N–H and O–H groups in total. The van der Waals surface area contributed by atoms with Gasteiger partial charge in [-0.05, 0) is 48.6 Å². The first-order valence-corrected chi connectivity index (χ1v) is 13.4. The molecule has 2 aromatic heterocycles. The summed E-state index contributed by atoms with van der Waals surface area (Å²) in [5.41, 5.74) is 2.39. The Hall–Kier alpha value is -3.45. The number of amides is 1. The molecular weight excluding hydrogens is 484 g/mol. The molecule has 0 saturated carbocycles. The fourth-order valence-electron chi connectivity index (χ4n) is 4.02. The molecule has 4 heterocycles. The van der Waals surface area contributed by atoms with Gasteiger partial charge in [-0.2, -0.15) is 9.40 Å². The number of aromatic nitrogens is 4. The van der Waals surface area contributed by atoms with Crippen LogP contribution in [0.5, 0.6) is 0 Å². The summed E-state index contributed by atoms with van der Waals surface area (Å²) in [5.74, 6) is 0.124. The van der Waals surface area contributed by atoms with Crippen LogP contribution in [0.4, 0.5) is 0 Å². The Balaban J connectivity index is 1.43. The molecule has 0 radical (unpaired) electrons. The third-order valence-corrected chi connectivity index (χ3v) is 7.23. The Labute approximate surface area is 209 Å². The Kier molecular flexibility index (Phi) is 6.92. The van der Waals surface area contributed by atoms with Crippen LogP contribution in [-0.4, -0.2) is 95.2 Å². The van der Waals surface area contributed by atoms with Gasteiger partial charge in [-0.3, -0.25) is 4.79 Å². The molecule has 36 heavy (non-hydrogen) atoms. The molecule has 188 valence electrons. The molecule has 0 spiro atoms. The highest BCUT2D eigenvalue weighted by molar-refractivity contribution is 7.88. The second kappa shape index (κ2) is 10.3. The van der Waals surface area contributed by atoms with E-state index in [-0.39, 0.29) is 24.7 Å². The zero-order valence-electron chi connectivity index (χ0n) is 19.7. The molecule has 0 atom stereocenters. The van der Waals surface area contributed by atoms with Gasteiger partial charge in [0.15, 0.2) is 12.1 Å². The van der Waals surface area contributed by atoms with E-state index in [9.17, 15) is 13.2 Å². The second-order valence-electron chi connectivity index (χ2n) is 8.42. The smallest absolute Gasteiger partial charge is 0.272 e. The highest BCUT2D eigenvalue weighted by Gasteiger charge is 2.27. The Morgan fingerprint density at radius 3 is 2.42 bits per heavy atom. The summed E-state index contributed by atoms with van der Waals surface area (Å²) in [6, 6.07) is 11.0. The van der Waals surface area contributed by atoms with Crippen LogP contribution in [-0.2, 0) is 19.5 Å². The fraction of sp³-hybridized carbons (Fsp3) is 0.333. The SMILES string of the molecule is CS(=O)(=O)N1CCN(C(=O)c2cc(/C=C/C3OCCO3)nc(-c3ccc(-n4cccn4)cc3)n2)CC1. The van der Waals surface area contributed by atoms with Gasteiger partial charge < -0.3 is 14.4 Å². The minimum atomic E-state index is -3.29. The van der Waals surface area contributed by atoms with Crippen molar-refractivity contribution < 1.29 is 22.7 Å². The van der Waals surface area contributed by atoms with Gasteiger partial charge in [0.2, 0.25) is 10.0 Å². The van der Waals surface area contributed by atoms with Crippen molar-refractivity contribution in [1.29, 1.82) is 0 Å². The lowest BCUT2D eigenvalue weighted by molar-refractivity contribution is -0.000920. The molecule has 2 fully saturated rings. The summed E-state index contributed by atoms with van der Waals surface area (Å²) < 4.78 is 37.7. The van der Waals surface area contributed by atoms with Crippen molar-refractivity contribution in [2.24, 2.45) is 0 Å². The largest absolute Gasteiger partial charge is 0.347 e. The van der Waals surface area contributed by atoms with Crippen molar-refractivity contribution in [3.63, 3.8) is 0 Å². The molecule has 0 bridgehead atoms. The van der Waals surface area contributed by atoms with E-state index in [0.717, 1.165) is 11.3 Å². The van der Waals surface area contributed by atoms with Gasteiger partial charge in [0.25, 0.3) is 5.91 Å². The zero-order valence-corrected chi connectivity index (χ0v) is 20.5. The Bertz CT molecular complexity index is 1340. The molecule has 12 heteroatoms. The lowest BCUT2D eigenvalue weighted by Crippen LogP contribution is -2.50. The summed E-state index contributed by atoms with van der Waals surface area (Å²) in [7, 11) is -3.29. The molecule has 2 aliphatic rings. The van der Waals surface area contributed by atoms with E-state index < -0.39 is 16.3 Å². The predicted octanol–water partition coefficient (Wildman–Crippen LogP) is 1.43. The molecular formula is C24H26N6O5S. The number of nitrogens with zero attached hydrogens (tertiary/aromatic N) is 6. The molecule has 3 aromatic rings. The van der Waals surface area contributed by atoms with E-state index in [1.54, 1.807) is 34.0 Å². The number of hydrogen-bond donors (Lipinski definition) is 0. The highest BCUT2D eigenvalue weighted by Crippen LogP contribution is 2.21. The van der Waals surface area contributed by atoms with E-state index in [2.05, 4.69) is 15.1 Å². The van der Waals surface area contributed by atoms with Crippen molar-refractivity contribution in [3.05, 3.63) is 66.3 Å². The van der Waals surface area contributed by atoms with E-state index in [1.165, 1.54) is 10.6 Å². The van der Waals surface area contributed by atoms with E-state index in [4.69, 9.17) is 9.47 Å². The molecule has 0 aliphatic carbocycles. The van der Waals surface area contributed by atoms with Crippen molar-refractivity contribution in [1.82, 2.24) is 29.0 Å². The van der Waals surface area contributed by atoms with E-state index in [1.807, 2.05) is 36.5 Å². The van der Waals surface area contributed by atoms with E-state index >= 15 is 0 Å². The van der Waals surface area contributed by atoms with Crippen molar-refractivity contribution in [2.75, 3.05) is 45.6 Å². The van der Waals surface area contributed by atoms with Gasteiger partial charge in [-0.15, -0.1) is 0 Å². The minimum Gasteiger partial charge on any atom is -0.347 e. The zero-order chi connectivity index (χ0) is 25.1. The molecule has 2 saturated heterocycles. The van der Waals surface area contributed by atoms with Crippen molar-refractivity contribution in [2.45, 2.75) is 6.29 Å². The van der Waals surface area contributed by atoms with Gasteiger partial charge in [-0.25, -0.2) is 23.1 Å². The quantitative estimate of drug-likeness (QED) is 0.489. The first-order valence-electron chi connectivity index (χ1n) is 11.5. The van der Waals surface area contributed by atoms with Crippen molar-refractivity contribution in [3.8, 4) is 17.1 Å². The van der Waals surface area contributed by atoms with Crippen LogP contribution in [0.1, 0.15) is 16.2 Å². The van der Waals surface area contributed by atoms with E-state index in [0.29, 0.717) is 37.8 Å². The minimum absolute atomic E-state index is 0.233. The van der Waals surface area contributed by atoms with Crippen LogP contribution >= 0.6 is 0 Å². The normalized spacial score (nSPS) is 17.8. The maximum Gasteiger partial charge on any atom is 0.272 e. The molecule has 1 aromatic carbocycles.